The number of likely N-dealkylation sites (tertiary alicyclic amines) is 1. The minimum Gasteiger partial charge on any atom is -0.399 e. The molecule has 4 nitrogen and oxygen atoms in total. The van der Waals surface area contributed by atoms with Gasteiger partial charge in [0.2, 0.25) is 0 Å². The lowest BCUT2D eigenvalue weighted by molar-refractivity contribution is 0.220. The van der Waals surface area contributed by atoms with E-state index in [9.17, 15) is 4.79 Å². The summed E-state index contributed by atoms with van der Waals surface area (Å²) in [6.45, 7) is 3.89. The van der Waals surface area contributed by atoms with Gasteiger partial charge in [0.15, 0.2) is 0 Å². The molecule has 1 aliphatic heterocycles. The molecule has 2 amide bonds. The number of rotatable bonds is 2. The normalized spacial score (nSPS) is 19.4. The van der Waals surface area contributed by atoms with Crippen molar-refractivity contribution in [3.05, 3.63) is 24.3 Å². The third kappa shape index (κ3) is 2.90. The van der Waals surface area contributed by atoms with E-state index in [-0.39, 0.29) is 6.03 Å². The van der Waals surface area contributed by atoms with Crippen LogP contribution in [0.1, 0.15) is 19.8 Å². The number of nitrogens with one attached hydrogen (secondary N) is 1. The largest absolute Gasteiger partial charge is 0.399 e. The SMILES string of the molecule is CCC1CCN(C(=O)Nc2cccc(N)c2)C1. The molecule has 92 valence electrons. The molecule has 1 unspecified atom stereocenters. The lowest BCUT2D eigenvalue weighted by Gasteiger charge is -2.17. The summed E-state index contributed by atoms with van der Waals surface area (Å²) in [5.41, 5.74) is 7.09. The van der Waals surface area contributed by atoms with E-state index < -0.39 is 0 Å². The maximum absolute atomic E-state index is 12.0. The van der Waals surface area contributed by atoms with Crippen LogP contribution in [0.25, 0.3) is 0 Å². The van der Waals surface area contributed by atoms with Crippen LogP contribution in [0.4, 0.5) is 16.2 Å². The van der Waals surface area contributed by atoms with Crippen LogP contribution in [0.15, 0.2) is 24.3 Å². The van der Waals surface area contributed by atoms with Crippen molar-refractivity contribution in [2.75, 3.05) is 24.1 Å². The van der Waals surface area contributed by atoms with Crippen molar-refractivity contribution in [2.24, 2.45) is 5.92 Å². The van der Waals surface area contributed by atoms with Gasteiger partial charge in [-0.3, -0.25) is 0 Å². The van der Waals surface area contributed by atoms with E-state index in [0.29, 0.717) is 11.6 Å². The van der Waals surface area contributed by atoms with Crippen LogP contribution in [-0.2, 0) is 0 Å². The molecule has 0 aliphatic carbocycles. The highest BCUT2D eigenvalue weighted by atomic mass is 16.2. The van der Waals surface area contributed by atoms with Gasteiger partial charge in [0, 0.05) is 24.5 Å². The Morgan fingerprint density at radius 2 is 2.41 bits per heavy atom. The van der Waals surface area contributed by atoms with Crippen LogP contribution in [0, 0.1) is 5.92 Å². The van der Waals surface area contributed by atoms with Crippen LogP contribution in [0.5, 0.6) is 0 Å². The summed E-state index contributed by atoms with van der Waals surface area (Å²) >= 11 is 0. The van der Waals surface area contributed by atoms with Crippen molar-refractivity contribution < 1.29 is 4.79 Å². The van der Waals surface area contributed by atoms with Crippen LogP contribution in [-0.4, -0.2) is 24.0 Å². The van der Waals surface area contributed by atoms with Gasteiger partial charge in [0.05, 0.1) is 0 Å². The molecular weight excluding hydrogens is 214 g/mol. The zero-order valence-corrected chi connectivity index (χ0v) is 10.1. The average molecular weight is 233 g/mol. The Hall–Kier alpha value is -1.71. The summed E-state index contributed by atoms with van der Waals surface area (Å²) in [5, 5.41) is 2.88. The number of nitrogens with zero attached hydrogens (tertiary/aromatic N) is 1. The third-order valence-corrected chi connectivity index (χ3v) is 3.29. The molecule has 1 saturated heterocycles. The predicted molar refractivity (Wildman–Crippen MR) is 69.8 cm³/mol. The number of benzene rings is 1. The van der Waals surface area contributed by atoms with Crippen molar-refractivity contribution in [3.8, 4) is 0 Å². The molecule has 0 radical (unpaired) electrons. The second kappa shape index (κ2) is 5.08. The number of anilines is 2. The first-order valence-electron chi connectivity index (χ1n) is 6.10. The molecule has 1 aromatic rings. The maximum atomic E-state index is 12.0. The molecule has 4 heteroatoms. The van der Waals surface area contributed by atoms with Crippen molar-refractivity contribution in [3.63, 3.8) is 0 Å². The molecule has 1 heterocycles. The first-order valence-corrected chi connectivity index (χ1v) is 6.10. The van der Waals surface area contributed by atoms with Gasteiger partial charge in [0.25, 0.3) is 0 Å². The van der Waals surface area contributed by atoms with Crippen LogP contribution < -0.4 is 11.1 Å². The number of urea groups is 1. The molecule has 1 atom stereocenters. The topological polar surface area (TPSA) is 58.4 Å². The number of nitrogen functional groups attached to an aromatic ring is 1. The highest BCUT2D eigenvalue weighted by Gasteiger charge is 2.24. The van der Waals surface area contributed by atoms with Gasteiger partial charge in [-0.1, -0.05) is 19.4 Å². The summed E-state index contributed by atoms with van der Waals surface area (Å²) in [7, 11) is 0. The van der Waals surface area contributed by atoms with E-state index >= 15 is 0 Å². The molecule has 1 aromatic carbocycles. The highest BCUT2D eigenvalue weighted by molar-refractivity contribution is 5.90. The quantitative estimate of drug-likeness (QED) is 0.771. The second-order valence-electron chi connectivity index (χ2n) is 4.56. The Morgan fingerprint density at radius 1 is 1.59 bits per heavy atom. The van der Waals surface area contributed by atoms with E-state index in [1.165, 1.54) is 0 Å². The molecule has 1 fully saturated rings. The van der Waals surface area contributed by atoms with Gasteiger partial charge >= 0.3 is 6.03 Å². The minimum atomic E-state index is -0.0217. The first-order chi connectivity index (χ1) is 8.19. The van der Waals surface area contributed by atoms with Gasteiger partial charge in [0.1, 0.15) is 0 Å². The fourth-order valence-corrected chi connectivity index (χ4v) is 2.17. The lowest BCUT2D eigenvalue weighted by atomic mass is 10.1. The summed E-state index contributed by atoms with van der Waals surface area (Å²) in [5.74, 6) is 0.654. The Labute approximate surface area is 102 Å². The fourth-order valence-electron chi connectivity index (χ4n) is 2.17. The molecule has 2 rings (SSSR count). The number of carbonyl (C=O) groups excluding carboxylic acids is 1. The molecule has 3 N–H and O–H groups in total. The van der Waals surface area contributed by atoms with Gasteiger partial charge in [-0.05, 0) is 30.5 Å². The maximum Gasteiger partial charge on any atom is 0.321 e. The zero-order chi connectivity index (χ0) is 12.3. The van der Waals surface area contributed by atoms with E-state index in [1.54, 1.807) is 12.1 Å². The molecule has 1 aliphatic rings. The summed E-state index contributed by atoms with van der Waals surface area (Å²) in [6.07, 6.45) is 2.25. The number of carbonyl (C=O) groups is 1. The van der Waals surface area contributed by atoms with E-state index in [4.69, 9.17) is 5.73 Å². The molecule has 0 aromatic heterocycles. The first kappa shape index (κ1) is 11.8. The predicted octanol–water partition coefficient (Wildman–Crippen LogP) is 2.53. The van der Waals surface area contributed by atoms with Gasteiger partial charge < -0.3 is 16.0 Å². The van der Waals surface area contributed by atoms with Crippen molar-refractivity contribution in [1.29, 1.82) is 0 Å². The molecule has 0 bridgehead atoms. The molecule has 0 saturated carbocycles. The summed E-state index contributed by atoms with van der Waals surface area (Å²) in [4.78, 5) is 13.8. The van der Waals surface area contributed by atoms with Crippen LogP contribution in [0.2, 0.25) is 0 Å². The minimum absolute atomic E-state index is 0.0217. The molecular formula is C13H19N3O. The van der Waals surface area contributed by atoms with E-state index in [0.717, 1.165) is 31.6 Å². The third-order valence-electron chi connectivity index (χ3n) is 3.29. The number of hydrogen-bond donors (Lipinski definition) is 2. The number of hydrogen-bond acceptors (Lipinski definition) is 2. The number of amides is 2. The van der Waals surface area contributed by atoms with Crippen molar-refractivity contribution in [2.45, 2.75) is 19.8 Å². The fraction of sp³-hybridized carbons (Fsp3) is 0.462. The molecule has 0 spiro atoms. The van der Waals surface area contributed by atoms with Gasteiger partial charge in [-0.2, -0.15) is 0 Å². The zero-order valence-electron chi connectivity index (χ0n) is 10.1. The smallest absolute Gasteiger partial charge is 0.321 e. The Balaban J connectivity index is 1.93. The van der Waals surface area contributed by atoms with E-state index in [2.05, 4.69) is 12.2 Å². The van der Waals surface area contributed by atoms with Crippen LogP contribution >= 0.6 is 0 Å². The van der Waals surface area contributed by atoms with Crippen LogP contribution in [0.3, 0.4) is 0 Å². The Morgan fingerprint density at radius 3 is 3.06 bits per heavy atom. The van der Waals surface area contributed by atoms with E-state index in [1.807, 2.05) is 17.0 Å². The molecule has 17 heavy (non-hydrogen) atoms. The van der Waals surface area contributed by atoms with Crippen molar-refractivity contribution >= 4 is 17.4 Å². The van der Waals surface area contributed by atoms with Gasteiger partial charge in [-0.15, -0.1) is 0 Å². The average Bonchev–Trinajstić information content (AvgIpc) is 2.77. The van der Waals surface area contributed by atoms with Crippen molar-refractivity contribution in [1.82, 2.24) is 4.90 Å². The monoisotopic (exact) mass is 233 g/mol. The standard InChI is InChI=1S/C13H19N3O/c1-2-10-6-7-16(9-10)13(17)15-12-5-3-4-11(14)8-12/h3-5,8,10H,2,6-7,9,14H2,1H3,(H,15,17). The summed E-state index contributed by atoms with van der Waals surface area (Å²) in [6, 6.07) is 7.24. The Bertz CT molecular complexity index is 405. The lowest BCUT2D eigenvalue weighted by Crippen LogP contribution is -2.32. The summed E-state index contributed by atoms with van der Waals surface area (Å²) < 4.78 is 0. The number of nitrogens with two attached hydrogens (primary N) is 1. The Kier molecular flexibility index (Phi) is 3.52. The second-order valence-corrected chi connectivity index (χ2v) is 4.56. The van der Waals surface area contributed by atoms with Gasteiger partial charge in [-0.25, -0.2) is 4.79 Å². The highest BCUT2D eigenvalue weighted by Crippen LogP contribution is 2.20.